The molecule has 86 valence electrons. The van der Waals surface area contributed by atoms with E-state index in [0.717, 1.165) is 16.7 Å². The van der Waals surface area contributed by atoms with Crippen molar-refractivity contribution in [1.82, 2.24) is 9.78 Å². The third-order valence-corrected chi connectivity index (χ3v) is 2.82. The van der Waals surface area contributed by atoms with Crippen LogP contribution in [-0.4, -0.2) is 9.78 Å². The molecule has 0 atom stereocenters. The van der Waals surface area contributed by atoms with E-state index in [2.05, 4.69) is 5.10 Å². The Balaban J connectivity index is 2.33. The summed E-state index contributed by atoms with van der Waals surface area (Å²) < 4.78 is 1.58. The van der Waals surface area contributed by atoms with E-state index in [0.29, 0.717) is 11.6 Å². The van der Waals surface area contributed by atoms with Gasteiger partial charge >= 0.3 is 0 Å². The van der Waals surface area contributed by atoms with E-state index >= 15 is 0 Å². The van der Waals surface area contributed by atoms with Crippen LogP contribution in [0.25, 0.3) is 11.1 Å². The molecule has 2 aromatic rings. The second-order valence-electron chi connectivity index (χ2n) is 3.60. The molecule has 0 saturated heterocycles. The molecule has 0 amide bonds. The zero-order valence-corrected chi connectivity index (χ0v) is 9.85. The van der Waals surface area contributed by atoms with Gasteiger partial charge in [0.25, 0.3) is 0 Å². The number of benzene rings is 1. The van der Waals surface area contributed by atoms with Crippen LogP contribution in [0.5, 0.6) is 0 Å². The van der Waals surface area contributed by atoms with Gasteiger partial charge in [-0.15, -0.1) is 0 Å². The molecule has 1 aromatic heterocycles. The first-order valence-electron chi connectivity index (χ1n) is 5.13. The van der Waals surface area contributed by atoms with Crippen LogP contribution in [0.15, 0.2) is 30.6 Å². The smallest absolute Gasteiger partial charge is 0.128 e. The summed E-state index contributed by atoms with van der Waals surface area (Å²) in [4.78, 5) is 0. The lowest BCUT2D eigenvalue weighted by atomic mass is 10.1. The molecule has 0 spiro atoms. The van der Waals surface area contributed by atoms with Crippen LogP contribution in [0, 0.1) is 11.3 Å². The van der Waals surface area contributed by atoms with Crippen LogP contribution in [0.2, 0.25) is 5.02 Å². The molecule has 17 heavy (non-hydrogen) atoms. The number of nitrogens with two attached hydrogens (primary N) is 1. The first-order chi connectivity index (χ1) is 8.24. The molecule has 0 bridgehead atoms. The Morgan fingerprint density at radius 3 is 2.88 bits per heavy atom. The third-order valence-electron chi connectivity index (χ3n) is 2.47. The summed E-state index contributed by atoms with van der Waals surface area (Å²) in [6.07, 6.45) is 3.53. The summed E-state index contributed by atoms with van der Waals surface area (Å²) in [6, 6.07) is 7.74. The standard InChI is InChI=1S/C12H11ClN4/c13-12-5-9(1-2-10(12)6-15)11-7-16-17(8-11)4-3-14/h1-2,5,7-8H,4,6,15H2. The molecule has 1 aromatic carbocycles. The Labute approximate surface area is 104 Å². The molecule has 0 aliphatic rings. The van der Waals surface area contributed by atoms with Crippen LogP contribution >= 0.6 is 11.6 Å². The quantitative estimate of drug-likeness (QED) is 0.903. The maximum Gasteiger partial charge on any atom is 0.128 e. The largest absolute Gasteiger partial charge is 0.326 e. The summed E-state index contributed by atoms with van der Waals surface area (Å²) in [7, 11) is 0. The molecule has 0 aliphatic carbocycles. The normalized spacial score (nSPS) is 10.2. The number of aromatic nitrogens is 2. The van der Waals surface area contributed by atoms with Crippen LogP contribution in [0.3, 0.4) is 0 Å². The van der Waals surface area contributed by atoms with Gasteiger partial charge < -0.3 is 5.73 Å². The van der Waals surface area contributed by atoms with Crippen molar-refractivity contribution in [2.75, 3.05) is 0 Å². The summed E-state index contributed by atoms with van der Waals surface area (Å²) in [5, 5.41) is 13.3. The van der Waals surface area contributed by atoms with Crippen molar-refractivity contribution in [2.45, 2.75) is 13.1 Å². The lowest BCUT2D eigenvalue weighted by Crippen LogP contribution is -1.96. The molecule has 0 saturated carbocycles. The van der Waals surface area contributed by atoms with Crippen LogP contribution in [-0.2, 0) is 13.1 Å². The maximum atomic E-state index is 8.57. The SMILES string of the molecule is N#CCn1cc(-c2ccc(CN)c(Cl)c2)cn1. The average molecular weight is 247 g/mol. The van der Waals surface area contributed by atoms with E-state index < -0.39 is 0 Å². The minimum Gasteiger partial charge on any atom is -0.326 e. The first kappa shape index (κ1) is 11.6. The molecule has 4 nitrogen and oxygen atoms in total. The van der Waals surface area contributed by atoms with Gasteiger partial charge in [0.05, 0.1) is 12.3 Å². The lowest BCUT2D eigenvalue weighted by molar-refractivity contribution is 0.710. The monoisotopic (exact) mass is 246 g/mol. The van der Waals surface area contributed by atoms with Gasteiger partial charge in [0.15, 0.2) is 0 Å². The van der Waals surface area contributed by atoms with Gasteiger partial charge in [-0.05, 0) is 17.2 Å². The van der Waals surface area contributed by atoms with E-state index in [4.69, 9.17) is 22.6 Å². The van der Waals surface area contributed by atoms with Crippen molar-refractivity contribution in [3.63, 3.8) is 0 Å². The lowest BCUT2D eigenvalue weighted by Gasteiger charge is -2.03. The van der Waals surface area contributed by atoms with Crippen molar-refractivity contribution in [3.05, 3.63) is 41.2 Å². The fourth-order valence-electron chi connectivity index (χ4n) is 1.56. The second-order valence-corrected chi connectivity index (χ2v) is 4.00. The molecule has 0 fully saturated rings. The highest BCUT2D eigenvalue weighted by Crippen LogP contribution is 2.25. The molecule has 1 heterocycles. The fourth-order valence-corrected chi connectivity index (χ4v) is 1.82. The maximum absolute atomic E-state index is 8.57. The van der Waals surface area contributed by atoms with Gasteiger partial charge in [0.2, 0.25) is 0 Å². The number of nitrogens with zero attached hydrogens (tertiary/aromatic N) is 3. The molecule has 0 aliphatic heterocycles. The molecule has 0 radical (unpaired) electrons. The van der Waals surface area contributed by atoms with Crippen LogP contribution in [0.1, 0.15) is 5.56 Å². The van der Waals surface area contributed by atoms with Crippen molar-refractivity contribution in [1.29, 1.82) is 5.26 Å². The number of nitriles is 1. The highest BCUT2D eigenvalue weighted by atomic mass is 35.5. The minimum atomic E-state index is 0.245. The van der Waals surface area contributed by atoms with E-state index in [9.17, 15) is 0 Å². The second kappa shape index (κ2) is 5.00. The fraction of sp³-hybridized carbons (Fsp3) is 0.167. The Hall–Kier alpha value is -1.83. The van der Waals surface area contributed by atoms with Crippen molar-refractivity contribution >= 4 is 11.6 Å². The third kappa shape index (κ3) is 2.47. The first-order valence-corrected chi connectivity index (χ1v) is 5.50. The van der Waals surface area contributed by atoms with E-state index in [-0.39, 0.29) is 6.54 Å². The number of hydrogen-bond acceptors (Lipinski definition) is 3. The van der Waals surface area contributed by atoms with Gasteiger partial charge in [-0.2, -0.15) is 10.4 Å². The zero-order chi connectivity index (χ0) is 12.3. The van der Waals surface area contributed by atoms with Gasteiger partial charge in [0.1, 0.15) is 6.54 Å². The molecular weight excluding hydrogens is 236 g/mol. The van der Waals surface area contributed by atoms with Crippen molar-refractivity contribution in [3.8, 4) is 17.2 Å². The highest BCUT2D eigenvalue weighted by molar-refractivity contribution is 6.31. The van der Waals surface area contributed by atoms with Gasteiger partial charge in [-0.1, -0.05) is 23.7 Å². The highest BCUT2D eigenvalue weighted by Gasteiger charge is 2.04. The summed E-state index contributed by atoms with van der Waals surface area (Å²) in [5.74, 6) is 0. The molecule has 2 rings (SSSR count). The Morgan fingerprint density at radius 1 is 1.41 bits per heavy atom. The van der Waals surface area contributed by atoms with E-state index in [1.165, 1.54) is 0 Å². The van der Waals surface area contributed by atoms with Gasteiger partial charge in [-0.25, -0.2) is 0 Å². The predicted octanol–water partition coefficient (Wildman–Crippen LogP) is 2.19. The van der Waals surface area contributed by atoms with Gasteiger partial charge in [0, 0.05) is 23.3 Å². The number of hydrogen-bond donors (Lipinski definition) is 1. The van der Waals surface area contributed by atoms with Crippen LogP contribution < -0.4 is 5.73 Å². The summed E-state index contributed by atoms with van der Waals surface area (Å²) >= 11 is 6.09. The van der Waals surface area contributed by atoms with Crippen molar-refractivity contribution in [2.24, 2.45) is 5.73 Å². The van der Waals surface area contributed by atoms with E-state index in [1.807, 2.05) is 30.5 Å². The Kier molecular flexibility index (Phi) is 3.43. The Bertz CT molecular complexity index is 568. The average Bonchev–Trinajstić information content (AvgIpc) is 2.78. The summed E-state index contributed by atoms with van der Waals surface area (Å²) in [6.45, 7) is 0.668. The van der Waals surface area contributed by atoms with E-state index in [1.54, 1.807) is 10.9 Å². The minimum absolute atomic E-state index is 0.245. The molecule has 0 unspecified atom stereocenters. The molecule has 2 N–H and O–H groups in total. The topological polar surface area (TPSA) is 67.6 Å². The van der Waals surface area contributed by atoms with Crippen LogP contribution in [0.4, 0.5) is 0 Å². The molecule has 5 heteroatoms. The predicted molar refractivity (Wildman–Crippen MR) is 66.2 cm³/mol. The molecular formula is C12H11ClN4. The number of rotatable bonds is 3. The summed E-state index contributed by atoms with van der Waals surface area (Å²) in [5.41, 5.74) is 8.37. The number of halogens is 1. The van der Waals surface area contributed by atoms with Gasteiger partial charge in [-0.3, -0.25) is 4.68 Å². The van der Waals surface area contributed by atoms with Crippen molar-refractivity contribution < 1.29 is 0 Å². The zero-order valence-electron chi connectivity index (χ0n) is 9.10. The Morgan fingerprint density at radius 2 is 2.24 bits per heavy atom.